The Morgan fingerprint density at radius 3 is 2.72 bits per heavy atom. The molecule has 0 amide bonds. The van der Waals surface area contributed by atoms with Gasteiger partial charge >= 0.3 is 5.97 Å². The van der Waals surface area contributed by atoms with E-state index in [4.69, 9.17) is 4.74 Å². The number of carbonyl (C=O) groups excluding carboxylic acids is 2. The topological polar surface area (TPSA) is 63.6 Å². The summed E-state index contributed by atoms with van der Waals surface area (Å²) in [5.41, 5.74) is -0.0545. The second-order valence-corrected chi connectivity index (χ2v) is 9.38. The highest BCUT2D eigenvalue weighted by Gasteiger charge is 2.62. The van der Waals surface area contributed by atoms with E-state index in [-0.39, 0.29) is 40.7 Å². The van der Waals surface area contributed by atoms with Crippen LogP contribution in [0.2, 0.25) is 0 Å². The highest BCUT2D eigenvalue weighted by Crippen LogP contribution is 2.65. The predicted octanol–water partition coefficient (Wildman–Crippen LogP) is 3.28. The minimum Gasteiger partial charge on any atom is -0.462 e. The van der Waals surface area contributed by atoms with Crippen molar-refractivity contribution in [3.8, 4) is 0 Å². The van der Waals surface area contributed by atoms with Crippen LogP contribution < -0.4 is 0 Å². The number of ether oxygens (including phenoxy) is 1. The van der Waals surface area contributed by atoms with Crippen molar-refractivity contribution >= 4 is 11.8 Å². The molecule has 0 bridgehead atoms. The van der Waals surface area contributed by atoms with E-state index in [2.05, 4.69) is 19.9 Å². The first-order chi connectivity index (χ1) is 11.8. The van der Waals surface area contributed by atoms with Crippen molar-refractivity contribution in [2.75, 3.05) is 0 Å². The van der Waals surface area contributed by atoms with Gasteiger partial charge in [0.05, 0.1) is 6.10 Å². The lowest BCUT2D eigenvalue weighted by Crippen LogP contribution is -2.58. The minimum atomic E-state index is -0.245. The Balaban J connectivity index is 1.75. The summed E-state index contributed by atoms with van der Waals surface area (Å²) in [7, 11) is 0. The number of aliphatic hydroxyl groups is 1. The summed E-state index contributed by atoms with van der Waals surface area (Å²) < 4.78 is 5.82. The number of hydrogen-bond acceptors (Lipinski definition) is 4. The van der Waals surface area contributed by atoms with Gasteiger partial charge in [-0.2, -0.15) is 0 Å². The van der Waals surface area contributed by atoms with Crippen LogP contribution in [0.3, 0.4) is 0 Å². The van der Waals surface area contributed by atoms with E-state index in [1.54, 1.807) is 6.08 Å². The number of allylic oxidation sites excluding steroid dienone is 2. The van der Waals surface area contributed by atoms with E-state index >= 15 is 0 Å². The molecule has 4 rings (SSSR count). The third kappa shape index (κ3) is 2.43. The summed E-state index contributed by atoms with van der Waals surface area (Å²) in [6, 6.07) is 0. The van der Waals surface area contributed by atoms with Crippen LogP contribution in [-0.2, 0) is 14.3 Å². The molecule has 0 aromatic carbocycles. The van der Waals surface area contributed by atoms with Gasteiger partial charge in [0, 0.05) is 19.3 Å². The zero-order valence-corrected chi connectivity index (χ0v) is 15.5. The first-order valence-electron chi connectivity index (χ1n) is 9.83. The molecule has 3 saturated carbocycles. The van der Waals surface area contributed by atoms with Crippen molar-refractivity contribution < 1.29 is 19.4 Å². The number of hydrogen-bond donors (Lipinski definition) is 1. The van der Waals surface area contributed by atoms with Gasteiger partial charge in [-0.05, 0) is 66.8 Å². The van der Waals surface area contributed by atoms with E-state index in [0.29, 0.717) is 24.2 Å². The first-order valence-corrected chi connectivity index (χ1v) is 9.83. The molecule has 138 valence electrons. The summed E-state index contributed by atoms with van der Waals surface area (Å²) in [5, 5.41) is 10.6. The van der Waals surface area contributed by atoms with Crippen molar-refractivity contribution in [2.45, 2.75) is 71.5 Å². The summed E-state index contributed by atoms with van der Waals surface area (Å²) in [5.74, 6) is 1.33. The lowest BCUT2D eigenvalue weighted by molar-refractivity contribution is -0.179. The SMILES string of the molecule is CC(=O)OC1CC2CC(=O)C=C[C@]2(C)[C@@H]2CC[C@]3(C)C(O)CC[C@H]3[C@H]12. The molecular formula is C21H30O4. The Morgan fingerprint density at radius 2 is 2.00 bits per heavy atom. The van der Waals surface area contributed by atoms with Crippen LogP contribution in [0, 0.1) is 34.5 Å². The zero-order valence-electron chi connectivity index (χ0n) is 15.5. The fourth-order valence-electron chi connectivity index (χ4n) is 6.89. The summed E-state index contributed by atoms with van der Waals surface area (Å²) in [4.78, 5) is 23.8. The molecule has 0 aromatic rings. The number of rotatable bonds is 1. The van der Waals surface area contributed by atoms with E-state index in [1.807, 2.05) is 0 Å². The van der Waals surface area contributed by atoms with Gasteiger partial charge in [0.1, 0.15) is 6.10 Å². The van der Waals surface area contributed by atoms with Crippen molar-refractivity contribution in [1.82, 2.24) is 0 Å². The van der Waals surface area contributed by atoms with Crippen LogP contribution >= 0.6 is 0 Å². The number of ketones is 1. The Bertz CT molecular complexity index is 625. The highest BCUT2D eigenvalue weighted by atomic mass is 16.5. The van der Waals surface area contributed by atoms with Crippen LogP contribution in [0.25, 0.3) is 0 Å². The van der Waals surface area contributed by atoms with Gasteiger partial charge in [-0.15, -0.1) is 0 Å². The van der Waals surface area contributed by atoms with E-state index < -0.39 is 0 Å². The van der Waals surface area contributed by atoms with E-state index in [9.17, 15) is 14.7 Å². The smallest absolute Gasteiger partial charge is 0.302 e. The van der Waals surface area contributed by atoms with Gasteiger partial charge < -0.3 is 9.84 Å². The van der Waals surface area contributed by atoms with Crippen molar-refractivity contribution in [3.63, 3.8) is 0 Å². The van der Waals surface area contributed by atoms with Crippen molar-refractivity contribution in [1.29, 1.82) is 0 Å². The average Bonchev–Trinajstić information content (AvgIpc) is 2.84. The van der Waals surface area contributed by atoms with Crippen LogP contribution in [0.1, 0.15) is 59.3 Å². The molecule has 4 aliphatic carbocycles. The molecule has 8 atom stereocenters. The predicted molar refractivity (Wildman–Crippen MR) is 93.6 cm³/mol. The molecule has 4 heteroatoms. The Labute approximate surface area is 150 Å². The molecule has 25 heavy (non-hydrogen) atoms. The number of carbonyl (C=O) groups is 2. The Kier molecular flexibility index (Phi) is 3.91. The van der Waals surface area contributed by atoms with Gasteiger partial charge in [-0.3, -0.25) is 9.59 Å². The van der Waals surface area contributed by atoms with Gasteiger partial charge in [0.15, 0.2) is 5.78 Å². The third-order valence-electron chi connectivity index (χ3n) is 8.30. The van der Waals surface area contributed by atoms with Crippen LogP contribution in [0.4, 0.5) is 0 Å². The fourth-order valence-corrected chi connectivity index (χ4v) is 6.89. The van der Waals surface area contributed by atoms with Crippen molar-refractivity contribution in [3.05, 3.63) is 12.2 Å². The number of aliphatic hydroxyl groups excluding tert-OH is 1. The Hall–Kier alpha value is -1.16. The summed E-state index contributed by atoms with van der Waals surface area (Å²) in [6.07, 6.45) is 8.84. The van der Waals surface area contributed by atoms with Crippen LogP contribution in [0.15, 0.2) is 12.2 Å². The quantitative estimate of drug-likeness (QED) is 0.740. The summed E-state index contributed by atoms with van der Waals surface area (Å²) >= 11 is 0. The molecule has 4 nitrogen and oxygen atoms in total. The Morgan fingerprint density at radius 1 is 1.24 bits per heavy atom. The third-order valence-corrected chi connectivity index (χ3v) is 8.30. The second kappa shape index (κ2) is 5.67. The molecule has 0 aromatic heterocycles. The average molecular weight is 346 g/mol. The largest absolute Gasteiger partial charge is 0.462 e. The molecule has 0 saturated heterocycles. The molecule has 4 aliphatic rings. The molecule has 0 heterocycles. The summed E-state index contributed by atoms with van der Waals surface area (Å²) in [6.45, 7) is 6.02. The molecule has 0 radical (unpaired) electrons. The maximum Gasteiger partial charge on any atom is 0.302 e. The zero-order chi connectivity index (χ0) is 18.0. The minimum absolute atomic E-state index is 0.00407. The molecule has 3 fully saturated rings. The maximum atomic E-state index is 12.0. The van der Waals surface area contributed by atoms with E-state index in [0.717, 1.165) is 32.1 Å². The second-order valence-electron chi connectivity index (χ2n) is 9.38. The fraction of sp³-hybridized carbons (Fsp3) is 0.810. The normalized spacial score (nSPS) is 51.4. The van der Waals surface area contributed by atoms with Crippen molar-refractivity contribution in [2.24, 2.45) is 34.5 Å². The highest BCUT2D eigenvalue weighted by molar-refractivity contribution is 5.91. The molecule has 3 unspecified atom stereocenters. The standard InChI is InChI=1S/C21H30O4/c1-12(22)25-17-11-13-10-14(23)6-8-20(13,2)16-7-9-21(3)15(19(16)17)4-5-18(21)24/h6,8,13,15-19,24H,4-5,7,9-11H2,1-3H3/t13?,15-,16+,17?,18?,19-,20-,21-/m0/s1. The van der Waals surface area contributed by atoms with Crippen LogP contribution in [0.5, 0.6) is 0 Å². The molecular weight excluding hydrogens is 316 g/mol. The van der Waals surface area contributed by atoms with Gasteiger partial charge in [-0.1, -0.05) is 19.9 Å². The molecule has 0 spiro atoms. The number of fused-ring (bicyclic) bond motifs is 5. The molecule has 0 aliphatic heterocycles. The van der Waals surface area contributed by atoms with Gasteiger partial charge in [-0.25, -0.2) is 0 Å². The first kappa shape index (κ1) is 17.3. The lowest BCUT2D eigenvalue weighted by Gasteiger charge is -2.60. The molecule has 1 N–H and O–H groups in total. The maximum absolute atomic E-state index is 12.0. The monoisotopic (exact) mass is 346 g/mol. The number of esters is 1. The van der Waals surface area contributed by atoms with Gasteiger partial charge in [0.2, 0.25) is 0 Å². The lowest BCUT2D eigenvalue weighted by atomic mass is 9.45. The van der Waals surface area contributed by atoms with E-state index in [1.165, 1.54) is 6.92 Å². The van der Waals surface area contributed by atoms with Gasteiger partial charge in [0.25, 0.3) is 0 Å². The van der Waals surface area contributed by atoms with Crippen LogP contribution in [-0.4, -0.2) is 29.1 Å².